The number of aryl methyl sites for hydroxylation is 1. The molecule has 1 aliphatic heterocycles. The molecule has 1 N–H and O–H groups in total. The molecule has 1 atom stereocenters. The summed E-state index contributed by atoms with van der Waals surface area (Å²) in [6.07, 6.45) is 0.161. The molecule has 4 rings (SSSR count). The summed E-state index contributed by atoms with van der Waals surface area (Å²) in [6.45, 7) is 2.32. The van der Waals surface area contributed by atoms with Gasteiger partial charge < -0.3 is 14.8 Å². The normalized spacial score (nSPS) is 13.1. The van der Waals surface area contributed by atoms with Gasteiger partial charge in [0.05, 0.1) is 18.3 Å². The van der Waals surface area contributed by atoms with Gasteiger partial charge in [-0.25, -0.2) is 4.68 Å². The summed E-state index contributed by atoms with van der Waals surface area (Å²) < 4.78 is 12.0. The van der Waals surface area contributed by atoms with Crippen LogP contribution in [0, 0.1) is 0 Å². The van der Waals surface area contributed by atoms with Crippen LogP contribution in [0.25, 0.3) is 11.3 Å². The smallest absolute Gasteiger partial charge is 0.266 e. The molecule has 0 aliphatic carbocycles. The van der Waals surface area contributed by atoms with Crippen molar-refractivity contribution >= 4 is 5.91 Å². The van der Waals surface area contributed by atoms with Crippen LogP contribution in [0.3, 0.4) is 0 Å². The number of amides is 1. The van der Waals surface area contributed by atoms with E-state index in [0.29, 0.717) is 17.2 Å². The quantitative estimate of drug-likeness (QED) is 0.699. The lowest BCUT2D eigenvalue weighted by Gasteiger charge is -2.14. The topological polar surface area (TPSA) is 82.5 Å². The van der Waals surface area contributed by atoms with Gasteiger partial charge in [-0.05, 0) is 36.8 Å². The van der Waals surface area contributed by atoms with Gasteiger partial charge in [-0.2, -0.15) is 5.10 Å². The third kappa shape index (κ3) is 4.29. The van der Waals surface area contributed by atoms with Crippen LogP contribution in [-0.4, -0.2) is 22.5 Å². The highest BCUT2D eigenvalue weighted by Gasteiger charge is 2.15. The van der Waals surface area contributed by atoms with E-state index in [9.17, 15) is 9.59 Å². The van der Waals surface area contributed by atoms with Gasteiger partial charge in [-0.1, -0.05) is 30.3 Å². The van der Waals surface area contributed by atoms with Crippen LogP contribution in [0.4, 0.5) is 0 Å². The average Bonchev–Trinajstić information content (AvgIpc) is 3.21. The maximum atomic E-state index is 12.3. The summed E-state index contributed by atoms with van der Waals surface area (Å²) >= 11 is 0. The molecule has 1 amide bonds. The van der Waals surface area contributed by atoms with E-state index < -0.39 is 0 Å². The van der Waals surface area contributed by atoms with Crippen LogP contribution in [0.2, 0.25) is 0 Å². The molecule has 0 bridgehead atoms. The highest BCUT2D eigenvalue weighted by molar-refractivity contribution is 5.76. The van der Waals surface area contributed by atoms with Crippen molar-refractivity contribution < 1.29 is 14.3 Å². The van der Waals surface area contributed by atoms with E-state index in [-0.39, 0.29) is 37.3 Å². The Morgan fingerprint density at radius 1 is 1.10 bits per heavy atom. The summed E-state index contributed by atoms with van der Waals surface area (Å²) in [5.41, 5.74) is 2.21. The van der Waals surface area contributed by atoms with Gasteiger partial charge in [0.25, 0.3) is 5.56 Å². The Morgan fingerprint density at radius 3 is 2.72 bits per heavy atom. The fourth-order valence-corrected chi connectivity index (χ4v) is 3.17. The lowest BCUT2D eigenvalue weighted by atomic mass is 10.1. The van der Waals surface area contributed by atoms with Gasteiger partial charge in [0, 0.05) is 18.1 Å². The number of aromatic nitrogens is 2. The first-order valence-electron chi connectivity index (χ1n) is 9.42. The predicted molar refractivity (Wildman–Crippen MR) is 108 cm³/mol. The number of carbonyl (C=O) groups excluding carboxylic acids is 1. The molecule has 7 heteroatoms. The first-order valence-corrected chi connectivity index (χ1v) is 9.42. The van der Waals surface area contributed by atoms with Gasteiger partial charge in [0.15, 0.2) is 11.5 Å². The van der Waals surface area contributed by atoms with E-state index in [2.05, 4.69) is 10.4 Å². The maximum Gasteiger partial charge on any atom is 0.266 e. The third-order valence-corrected chi connectivity index (χ3v) is 4.76. The summed E-state index contributed by atoms with van der Waals surface area (Å²) in [6, 6.07) is 18.2. The zero-order valence-corrected chi connectivity index (χ0v) is 16.0. The molecule has 1 unspecified atom stereocenters. The van der Waals surface area contributed by atoms with Crippen molar-refractivity contribution in [2.75, 3.05) is 6.79 Å². The Labute approximate surface area is 167 Å². The number of ether oxygens (including phenoxy) is 2. The second-order valence-electron chi connectivity index (χ2n) is 6.80. The van der Waals surface area contributed by atoms with Crippen LogP contribution in [0.1, 0.15) is 24.9 Å². The van der Waals surface area contributed by atoms with Crippen LogP contribution >= 0.6 is 0 Å². The SMILES string of the molecule is CC(NC(=O)CCn1nc(-c2ccc3c(c2)OCO3)ccc1=O)c1ccccc1. The predicted octanol–water partition coefficient (Wildman–Crippen LogP) is 2.91. The van der Waals surface area contributed by atoms with Crippen molar-refractivity contribution in [2.24, 2.45) is 0 Å². The minimum Gasteiger partial charge on any atom is -0.454 e. The number of hydrogen-bond acceptors (Lipinski definition) is 5. The van der Waals surface area contributed by atoms with Gasteiger partial charge >= 0.3 is 0 Å². The van der Waals surface area contributed by atoms with Crippen molar-refractivity contribution in [3.63, 3.8) is 0 Å². The van der Waals surface area contributed by atoms with Gasteiger partial charge in [0.2, 0.25) is 12.7 Å². The molecule has 29 heavy (non-hydrogen) atoms. The number of rotatable bonds is 6. The molecule has 0 fully saturated rings. The van der Waals surface area contributed by atoms with E-state index in [0.717, 1.165) is 11.1 Å². The summed E-state index contributed by atoms with van der Waals surface area (Å²) in [7, 11) is 0. The van der Waals surface area contributed by atoms with E-state index in [1.165, 1.54) is 10.7 Å². The highest BCUT2D eigenvalue weighted by Crippen LogP contribution is 2.35. The number of nitrogens with one attached hydrogen (secondary N) is 1. The zero-order chi connectivity index (χ0) is 20.2. The average molecular weight is 391 g/mol. The fourth-order valence-electron chi connectivity index (χ4n) is 3.17. The third-order valence-electron chi connectivity index (χ3n) is 4.76. The number of benzene rings is 2. The molecule has 1 aromatic heterocycles. The first-order chi connectivity index (χ1) is 14.1. The van der Waals surface area contributed by atoms with E-state index in [4.69, 9.17) is 9.47 Å². The minimum absolute atomic E-state index is 0.103. The Kier molecular flexibility index (Phi) is 5.29. The van der Waals surface area contributed by atoms with Crippen molar-refractivity contribution in [3.8, 4) is 22.8 Å². The monoisotopic (exact) mass is 391 g/mol. The van der Waals surface area contributed by atoms with Crippen molar-refractivity contribution in [1.82, 2.24) is 15.1 Å². The molecule has 3 aromatic rings. The number of fused-ring (bicyclic) bond motifs is 1. The van der Waals surface area contributed by atoms with E-state index in [1.807, 2.05) is 55.5 Å². The molecule has 148 valence electrons. The summed E-state index contributed by atoms with van der Waals surface area (Å²) in [5, 5.41) is 7.35. The van der Waals surface area contributed by atoms with Gasteiger partial charge in [-0.15, -0.1) is 0 Å². The van der Waals surface area contributed by atoms with Gasteiger partial charge in [-0.3, -0.25) is 9.59 Å². The second-order valence-corrected chi connectivity index (χ2v) is 6.80. The van der Waals surface area contributed by atoms with Crippen molar-refractivity contribution in [2.45, 2.75) is 25.9 Å². The Balaban J connectivity index is 1.43. The summed E-state index contributed by atoms with van der Waals surface area (Å²) in [4.78, 5) is 24.5. The Bertz CT molecular complexity index is 1080. The second kappa shape index (κ2) is 8.18. The van der Waals surface area contributed by atoms with Crippen molar-refractivity contribution in [1.29, 1.82) is 0 Å². The molecule has 0 radical (unpaired) electrons. The number of carbonyl (C=O) groups is 1. The standard InChI is InChI=1S/C22H21N3O4/c1-15(16-5-3-2-4-6-16)23-21(26)11-12-25-22(27)10-8-18(24-25)17-7-9-19-20(13-17)29-14-28-19/h2-10,13,15H,11-12,14H2,1H3,(H,23,26). The highest BCUT2D eigenvalue weighted by atomic mass is 16.7. The van der Waals surface area contributed by atoms with Crippen LogP contribution < -0.4 is 20.3 Å². The van der Waals surface area contributed by atoms with Crippen molar-refractivity contribution in [3.05, 3.63) is 76.6 Å². The molecule has 0 saturated heterocycles. The van der Waals surface area contributed by atoms with Gasteiger partial charge in [0.1, 0.15) is 0 Å². The number of nitrogens with zero attached hydrogens (tertiary/aromatic N) is 2. The largest absolute Gasteiger partial charge is 0.454 e. The maximum absolute atomic E-state index is 12.3. The zero-order valence-electron chi connectivity index (χ0n) is 16.0. The van der Waals surface area contributed by atoms with E-state index in [1.54, 1.807) is 6.07 Å². The molecule has 2 heterocycles. The molecular formula is C22H21N3O4. The lowest BCUT2D eigenvalue weighted by Crippen LogP contribution is -2.30. The van der Waals surface area contributed by atoms with E-state index >= 15 is 0 Å². The van der Waals surface area contributed by atoms with Crippen LogP contribution in [-0.2, 0) is 11.3 Å². The molecule has 0 spiro atoms. The molecule has 2 aromatic carbocycles. The lowest BCUT2D eigenvalue weighted by molar-refractivity contribution is -0.122. The molecule has 1 aliphatic rings. The minimum atomic E-state index is -0.251. The molecule has 7 nitrogen and oxygen atoms in total. The Hall–Kier alpha value is -3.61. The summed E-state index contributed by atoms with van der Waals surface area (Å²) in [5.74, 6) is 1.20. The molecule has 0 saturated carbocycles. The Morgan fingerprint density at radius 2 is 1.90 bits per heavy atom. The van der Waals surface area contributed by atoms with Crippen LogP contribution in [0.15, 0.2) is 65.5 Å². The fraction of sp³-hybridized carbons (Fsp3) is 0.227. The first kappa shape index (κ1) is 18.7. The number of hydrogen-bond donors (Lipinski definition) is 1. The van der Waals surface area contributed by atoms with Crippen LogP contribution in [0.5, 0.6) is 11.5 Å². The molecular weight excluding hydrogens is 370 g/mol.